The highest BCUT2D eigenvalue weighted by Crippen LogP contribution is 2.22. The molecular weight excluding hydrogens is 334 g/mol. The zero-order chi connectivity index (χ0) is 18.1. The summed E-state index contributed by atoms with van der Waals surface area (Å²) in [5.74, 6) is 0.997. The minimum Gasteiger partial charge on any atom is -0.367 e. The summed E-state index contributed by atoms with van der Waals surface area (Å²) in [5.41, 5.74) is 1.45. The van der Waals surface area contributed by atoms with Gasteiger partial charge in [-0.05, 0) is 25.8 Å². The van der Waals surface area contributed by atoms with Crippen molar-refractivity contribution >= 4 is 16.8 Å². The summed E-state index contributed by atoms with van der Waals surface area (Å²) in [6.45, 7) is 3.28. The highest BCUT2D eigenvalue weighted by Gasteiger charge is 2.28. The maximum absolute atomic E-state index is 13.0. The number of carbonyl (C=O) groups is 1. The van der Waals surface area contributed by atoms with E-state index in [-0.39, 0.29) is 18.6 Å². The SMILES string of the molecule is Cc1noc(CO[C@H]2CCCN(C(=O)c3nn(C)c4ccccc34)C2)n1. The van der Waals surface area contributed by atoms with Gasteiger partial charge in [-0.25, -0.2) is 0 Å². The first-order chi connectivity index (χ1) is 12.6. The summed E-state index contributed by atoms with van der Waals surface area (Å²) in [6, 6.07) is 7.77. The quantitative estimate of drug-likeness (QED) is 0.712. The van der Waals surface area contributed by atoms with Gasteiger partial charge >= 0.3 is 0 Å². The van der Waals surface area contributed by atoms with Crippen molar-refractivity contribution in [3.8, 4) is 0 Å². The van der Waals surface area contributed by atoms with Crippen molar-refractivity contribution < 1.29 is 14.1 Å². The molecule has 8 heteroatoms. The number of aryl methyl sites for hydroxylation is 2. The molecule has 8 nitrogen and oxygen atoms in total. The Morgan fingerprint density at radius 2 is 2.23 bits per heavy atom. The molecule has 136 valence electrons. The zero-order valence-corrected chi connectivity index (χ0v) is 14.9. The smallest absolute Gasteiger partial charge is 0.275 e. The van der Waals surface area contributed by atoms with Gasteiger partial charge in [0.15, 0.2) is 11.5 Å². The molecule has 1 amide bonds. The molecule has 1 saturated heterocycles. The van der Waals surface area contributed by atoms with E-state index in [1.807, 2.05) is 36.2 Å². The number of aromatic nitrogens is 4. The van der Waals surface area contributed by atoms with Crippen LogP contribution in [0.2, 0.25) is 0 Å². The lowest BCUT2D eigenvalue weighted by molar-refractivity contribution is -0.0154. The van der Waals surface area contributed by atoms with Gasteiger partial charge in [-0.2, -0.15) is 10.1 Å². The van der Waals surface area contributed by atoms with Gasteiger partial charge in [0, 0.05) is 25.5 Å². The second-order valence-electron chi connectivity index (χ2n) is 6.55. The molecular formula is C18H21N5O3. The Kier molecular flexibility index (Phi) is 4.42. The normalized spacial score (nSPS) is 17.8. The lowest BCUT2D eigenvalue weighted by atomic mass is 10.1. The molecule has 0 bridgehead atoms. The molecule has 1 atom stereocenters. The summed E-state index contributed by atoms with van der Waals surface area (Å²) in [5, 5.41) is 9.07. The van der Waals surface area contributed by atoms with Gasteiger partial charge in [0.25, 0.3) is 11.8 Å². The highest BCUT2D eigenvalue weighted by molar-refractivity contribution is 6.04. The summed E-state index contributed by atoms with van der Waals surface area (Å²) < 4.78 is 12.7. The number of piperidine rings is 1. The van der Waals surface area contributed by atoms with E-state index >= 15 is 0 Å². The fraction of sp³-hybridized carbons (Fsp3) is 0.444. The molecule has 1 aromatic carbocycles. The van der Waals surface area contributed by atoms with Crippen LogP contribution in [0.3, 0.4) is 0 Å². The lowest BCUT2D eigenvalue weighted by Crippen LogP contribution is -2.43. The van der Waals surface area contributed by atoms with E-state index in [0.717, 1.165) is 23.7 Å². The van der Waals surface area contributed by atoms with Crippen LogP contribution >= 0.6 is 0 Å². The van der Waals surface area contributed by atoms with Crippen molar-refractivity contribution in [3.05, 3.63) is 41.7 Å². The van der Waals surface area contributed by atoms with Crippen LogP contribution in [0.25, 0.3) is 10.9 Å². The predicted octanol–water partition coefficient (Wildman–Crippen LogP) is 2.09. The molecule has 0 unspecified atom stereocenters. The van der Waals surface area contributed by atoms with Gasteiger partial charge in [-0.1, -0.05) is 23.4 Å². The molecule has 4 rings (SSSR count). The van der Waals surface area contributed by atoms with Crippen molar-refractivity contribution in [2.24, 2.45) is 7.05 Å². The molecule has 0 N–H and O–H groups in total. The zero-order valence-electron chi connectivity index (χ0n) is 14.9. The van der Waals surface area contributed by atoms with Gasteiger partial charge in [-0.15, -0.1) is 0 Å². The minimum atomic E-state index is -0.0521. The largest absolute Gasteiger partial charge is 0.367 e. The van der Waals surface area contributed by atoms with E-state index in [1.54, 1.807) is 11.6 Å². The number of carbonyl (C=O) groups excluding carboxylic acids is 1. The summed E-state index contributed by atoms with van der Waals surface area (Å²) >= 11 is 0. The van der Waals surface area contributed by atoms with Crippen molar-refractivity contribution in [2.75, 3.05) is 13.1 Å². The van der Waals surface area contributed by atoms with E-state index in [0.29, 0.717) is 30.5 Å². The number of fused-ring (bicyclic) bond motifs is 1. The summed E-state index contributed by atoms with van der Waals surface area (Å²) in [7, 11) is 1.85. The third-order valence-electron chi connectivity index (χ3n) is 4.64. The Morgan fingerprint density at radius 1 is 1.38 bits per heavy atom. The maximum Gasteiger partial charge on any atom is 0.275 e. The fourth-order valence-corrected chi connectivity index (χ4v) is 3.37. The number of likely N-dealkylation sites (tertiary alicyclic amines) is 1. The van der Waals surface area contributed by atoms with Crippen LogP contribution in [0.15, 0.2) is 28.8 Å². The average molecular weight is 355 g/mol. The molecule has 0 aliphatic carbocycles. The first-order valence-corrected chi connectivity index (χ1v) is 8.73. The van der Waals surface area contributed by atoms with Crippen LogP contribution in [-0.2, 0) is 18.4 Å². The van der Waals surface area contributed by atoms with Crippen molar-refractivity contribution in [1.29, 1.82) is 0 Å². The van der Waals surface area contributed by atoms with Crippen molar-refractivity contribution in [3.63, 3.8) is 0 Å². The monoisotopic (exact) mass is 355 g/mol. The van der Waals surface area contributed by atoms with Crippen LogP contribution in [-0.4, -0.2) is 49.9 Å². The molecule has 2 aromatic heterocycles. The molecule has 1 aliphatic heterocycles. The number of hydrogen-bond acceptors (Lipinski definition) is 6. The number of benzene rings is 1. The molecule has 3 aromatic rings. The molecule has 3 heterocycles. The average Bonchev–Trinajstić information content (AvgIpc) is 3.23. The number of hydrogen-bond donors (Lipinski definition) is 0. The van der Waals surface area contributed by atoms with Crippen LogP contribution in [0.5, 0.6) is 0 Å². The highest BCUT2D eigenvalue weighted by atomic mass is 16.5. The molecule has 1 fully saturated rings. The summed E-state index contributed by atoms with van der Waals surface area (Å²) in [6.07, 6.45) is 1.75. The maximum atomic E-state index is 13.0. The first kappa shape index (κ1) is 16.7. The Hall–Kier alpha value is -2.74. The molecule has 26 heavy (non-hydrogen) atoms. The van der Waals surface area contributed by atoms with Crippen LogP contribution < -0.4 is 0 Å². The molecule has 0 saturated carbocycles. The summed E-state index contributed by atoms with van der Waals surface area (Å²) in [4.78, 5) is 19.0. The van der Waals surface area contributed by atoms with Gasteiger partial charge < -0.3 is 14.2 Å². The number of ether oxygens (including phenoxy) is 1. The topological polar surface area (TPSA) is 86.3 Å². The number of rotatable bonds is 4. The Balaban J connectivity index is 1.45. The second kappa shape index (κ2) is 6.87. The number of para-hydroxylation sites is 1. The Bertz CT molecular complexity index is 932. The molecule has 0 radical (unpaired) electrons. The van der Waals surface area contributed by atoms with Gasteiger partial charge in [0.05, 0.1) is 11.6 Å². The first-order valence-electron chi connectivity index (χ1n) is 8.73. The van der Waals surface area contributed by atoms with E-state index in [2.05, 4.69) is 15.2 Å². The third kappa shape index (κ3) is 3.20. The van der Waals surface area contributed by atoms with E-state index in [1.165, 1.54) is 0 Å². The van der Waals surface area contributed by atoms with E-state index < -0.39 is 0 Å². The van der Waals surface area contributed by atoms with Gasteiger partial charge in [0.2, 0.25) is 0 Å². The van der Waals surface area contributed by atoms with E-state index in [9.17, 15) is 4.79 Å². The van der Waals surface area contributed by atoms with Crippen molar-refractivity contribution in [1.82, 2.24) is 24.8 Å². The standard InChI is InChI=1S/C18H21N5O3/c1-12-19-16(26-21-12)11-25-13-6-5-9-23(10-13)18(24)17-14-7-3-4-8-15(14)22(2)20-17/h3-4,7-8,13H,5-6,9-11H2,1-2H3/t13-/m0/s1. The second-order valence-corrected chi connectivity index (χ2v) is 6.55. The minimum absolute atomic E-state index is 0.0464. The van der Waals surface area contributed by atoms with Crippen LogP contribution in [0.1, 0.15) is 35.0 Å². The fourth-order valence-electron chi connectivity index (χ4n) is 3.37. The Labute approximate surface area is 150 Å². The van der Waals surface area contributed by atoms with Crippen LogP contribution in [0, 0.1) is 6.92 Å². The predicted molar refractivity (Wildman–Crippen MR) is 93.5 cm³/mol. The third-order valence-corrected chi connectivity index (χ3v) is 4.64. The van der Waals surface area contributed by atoms with Gasteiger partial charge in [0.1, 0.15) is 6.61 Å². The molecule has 1 aliphatic rings. The van der Waals surface area contributed by atoms with Crippen LogP contribution in [0.4, 0.5) is 0 Å². The molecule has 0 spiro atoms. The number of nitrogens with zero attached hydrogens (tertiary/aromatic N) is 5. The van der Waals surface area contributed by atoms with Crippen molar-refractivity contribution in [2.45, 2.75) is 32.5 Å². The van der Waals surface area contributed by atoms with Gasteiger partial charge in [-0.3, -0.25) is 9.48 Å². The lowest BCUT2D eigenvalue weighted by Gasteiger charge is -2.32. The Morgan fingerprint density at radius 3 is 3.04 bits per heavy atom. The van der Waals surface area contributed by atoms with E-state index in [4.69, 9.17) is 9.26 Å². The number of amides is 1.